The first-order chi connectivity index (χ1) is 10.8. The molecule has 1 aromatic carbocycles. The van der Waals surface area contributed by atoms with Crippen LogP contribution in [0.4, 0.5) is 13.2 Å². The minimum Gasteiger partial charge on any atom is -0.342 e. The largest absolute Gasteiger partial charge is 0.416 e. The van der Waals surface area contributed by atoms with Crippen molar-refractivity contribution in [2.24, 2.45) is 0 Å². The number of halogens is 3. The SMILES string of the molecule is CN(C)C1CCCN(C(=O)Cc2ccccc2C(F)(F)F)CC1. The second-order valence-electron chi connectivity index (χ2n) is 6.26. The topological polar surface area (TPSA) is 23.6 Å². The predicted molar refractivity (Wildman–Crippen MR) is 83.1 cm³/mol. The van der Waals surface area contributed by atoms with Crippen LogP contribution in [0.5, 0.6) is 0 Å². The first-order valence-electron chi connectivity index (χ1n) is 7.88. The highest BCUT2D eigenvalue weighted by Crippen LogP contribution is 2.32. The van der Waals surface area contributed by atoms with Gasteiger partial charge in [0, 0.05) is 19.1 Å². The Hall–Kier alpha value is -1.56. The summed E-state index contributed by atoms with van der Waals surface area (Å²) in [7, 11) is 4.03. The van der Waals surface area contributed by atoms with E-state index in [1.165, 1.54) is 12.1 Å². The van der Waals surface area contributed by atoms with Crippen molar-refractivity contribution >= 4 is 5.91 Å². The molecule has 0 aromatic heterocycles. The summed E-state index contributed by atoms with van der Waals surface area (Å²) in [5, 5.41) is 0. The van der Waals surface area contributed by atoms with Gasteiger partial charge in [-0.25, -0.2) is 0 Å². The molecule has 1 atom stereocenters. The van der Waals surface area contributed by atoms with Crippen molar-refractivity contribution in [3.8, 4) is 0 Å². The number of hydrogen-bond donors (Lipinski definition) is 0. The highest BCUT2D eigenvalue weighted by Gasteiger charge is 2.33. The number of carbonyl (C=O) groups is 1. The Kier molecular flexibility index (Phi) is 5.68. The molecule has 1 aromatic rings. The Bertz CT molecular complexity index is 543. The van der Waals surface area contributed by atoms with Crippen LogP contribution in [-0.4, -0.2) is 48.9 Å². The summed E-state index contributed by atoms with van der Waals surface area (Å²) in [6.45, 7) is 1.23. The van der Waals surface area contributed by atoms with Crippen LogP contribution in [0.25, 0.3) is 0 Å². The van der Waals surface area contributed by atoms with Crippen LogP contribution >= 0.6 is 0 Å². The summed E-state index contributed by atoms with van der Waals surface area (Å²) < 4.78 is 39.0. The Balaban J connectivity index is 2.05. The van der Waals surface area contributed by atoms with Gasteiger partial charge in [-0.1, -0.05) is 18.2 Å². The van der Waals surface area contributed by atoms with Gasteiger partial charge < -0.3 is 9.80 Å². The molecule has 1 aliphatic heterocycles. The molecule has 128 valence electrons. The average molecular weight is 328 g/mol. The summed E-state index contributed by atoms with van der Waals surface area (Å²) in [6, 6.07) is 5.75. The molecule has 3 nitrogen and oxygen atoms in total. The molecular weight excluding hydrogens is 305 g/mol. The van der Waals surface area contributed by atoms with Crippen molar-refractivity contribution in [2.45, 2.75) is 37.9 Å². The molecule has 1 amide bonds. The maximum Gasteiger partial charge on any atom is 0.416 e. The molecule has 0 N–H and O–H groups in total. The zero-order valence-corrected chi connectivity index (χ0v) is 13.6. The molecule has 1 heterocycles. The molecule has 0 bridgehead atoms. The number of alkyl halides is 3. The second-order valence-corrected chi connectivity index (χ2v) is 6.26. The molecule has 1 unspecified atom stereocenters. The summed E-state index contributed by atoms with van der Waals surface area (Å²) in [6.07, 6.45) is -1.86. The number of amides is 1. The number of carbonyl (C=O) groups excluding carboxylic acids is 1. The maximum absolute atomic E-state index is 13.0. The van der Waals surface area contributed by atoms with Crippen LogP contribution in [0.1, 0.15) is 30.4 Å². The van der Waals surface area contributed by atoms with Gasteiger partial charge in [0.05, 0.1) is 12.0 Å². The lowest BCUT2D eigenvalue weighted by Crippen LogP contribution is -2.35. The van der Waals surface area contributed by atoms with Crippen LogP contribution in [0.15, 0.2) is 24.3 Å². The molecule has 1 fully saturated rings. The number of rotatable bonds is 3. The lowest BCUT2D eigenvalue weighted by Gasteiger charge is -2.24. The molecule has 1 aliphatic rings. The Morgan fingerprint density at radius 2 is 1.91 bits per heavy atom. The van der Waals surface area contributed by atoms with E-state index < -0.39 is 11.7 Å². The third-order valence-corrected chi connectivity index (χ3v) is 4.45. The smallest absolute Gasteiger partial charge is 0.342 e. The zero-order chi connectivity index (χ0) is 17.0. The first-order valence-corrected chi connectivity index (χ1v) is 7.88. The molecule has 0 saturated carbocycles. The Labute approximate surface area is 135 Å². The quantitative estimate of drug-likeness (QED) is 0.851. The van der Waals surface area contributed by atoms with Gasteiger partial charge in [0.1, 0.15) is 0 Å². The third kappa shape index (κ3) is 4.70. The fourth-order valence-electron chi connectivity index (χ4n) is 3.07. The summed E-state index contributed by atoms with van der Waals surface area (Å²) >= 11 is 0. The fraction of sp³-hybridized carbons (Fsp3) is 0.588. The molecular formula is C17H23F3N2O. The van der Waals surface area contributed by atoms with E-state index in [9.17, 15) is 18.0 Å². The minimum atomic E-state index is -4.42. The summed E-state index contributed by atoms with van der Waals surface area (Å²) in [5.41, 5.74) is -0.659. The lowest BCUT2D eigenvalue weighted by atomic mass is 10.0. The highest BCUT2D eigenvalue weighted by atomic mass is 19.4. The van der Waals surface area contributed by atoms with Gasteiger partial charge in [-0.3, -0.25) is 4.79 Å². The predicted octanol–water partition coefficient (Wildman–Crippen LogP) is 3.19. The maximum atomic E-state index is 13.0. The lowest BCUT2D eigenvalue weighted by molar-refractivity contribution is -0.138. The molecule has 2 rings (SSSR count). The van der Waals surface area contributed by atoms with E-state index in [-0.39, 0.29) is 17.9 Å². The van der Waals surface area contributed by atoms with Crippen molar-refractivity contribution in [3.63, 3.8) is 0 Å². The van der Waals surface area contributed by atoms with Crippen LogP contribution in [0.3, 0.4) is 0 Å². The average Bonchev–Trinajstić information content (AvgIpc) is 2.72. The van der Waals surface area contributed by atoms with Crippen molar-refractivity contribution < 1.29 is 18.0 Å². The van der Waals surface area contributed by atoms with Crippen LogP contribution in [0.2, 0.25) is 0 Å². The third-order valence-electron chi connectivity index (χ3n) is 4.45. The van der Waals surface area contributed by atoms with Gasteiger partial charge in [-0.2, -0.15) is 13.2 Å². The van der Waals surface area contributed by atoms with Gasteiger partial charge in [-0.05, 0) is 45.0 Å². The van der Waals surface area contributed by atoms with E-state index in [1.807, 2.05) is 14.1 Å². The number of benzene rings is 1. The summed E-state index contributed by atoms with van der Waals surface area (Å²) in [4.78, 5) is 16.3. The van der Waals surface area contributed by atoms with Crippen LogP contribution in [0, 0.1) is 0 Å². The van der Waals surface area contributed by atoms with E-state index in [1.54, 1.807) is 11.0 Å². The van der Waals surface area contributed by atoms with Crippen molar-refractivity contribution in [2.75, 3.05) is 27.2 Å². The monoisotopic (exact) mass is 328 g/mol. The van der Waals surface area contributed by atoms with E-state index in [4.69, 9.17) is 0 Å². The van der Waals surface area contributed by atoms with Gasteiger partial charge in [0.25, 0.3) is 0 Å². The normalized spacial score (nSPS) is 19.7. The van der Waals surface area contributed by atoms with E-state index in [0.29, 0.717) is 19.1 Å². The number of likely N-dealkylation sites (tertiary alicyclic amines) is 1. The first kappa shape index (κ1) is 17.8. The minimum absolute atomic E-state index is 0.0541. The van der Waals surface area contributed by atoms with Crippen molar-refractivity contribution in [1.29, 1.82) is 0 Å². The number of nitrogens with zero attached hydrogens (tertiary/aromatic N) is 2. The molecule has 0 radical (unpaired) electrons. The van der Waals surface area contributed by atoms with Gasteiger partial charge in [-0.15, -0.1) is 0 Å². The second kappa shape index (κ2) is 7.34. The molecule has 0 aliphatic carbocycles. The van der Waals surface area contributed by atoms with Crippen molar-refractivity contribution in [3.05, 3.63) is 35.4 Å². The van der Waals surface area contributed by atoms with Crippen molar-refractivity contribution in [1.82, 2.24) is 9.80 Å². The van der Waals surface area contributed by atoms with E-state index >= 15 is 0 Å². The van der Waals surface area contributed by atoms with E-state index in [2.05, 4.69) is 4.90 Å². The molecule has 23 heavy (non-hydrogen) atoms. The van der Waals surface area contributed by atoms with Gasteiger partial charge in [0.2, 0.25) is 5.91 Å². The van der Waals surface area contributed by atoms with Gasteiger partial charge in [0.15, 0.2) is 0 Å². The molecule has 0 spiro atoms. The molecule has 6 heteroatoms. The van der Waals surface area contributed by atoms with Gasteiger partial charge >= 0.3 is 6.18 Å². The molecule has 1 saturated heterocycles. The Morgan fingerprint density at radius 1 is 1.22 bits per heavy atom. The van der Waals surface area contributed by atoms with Crippen LogP contribution in [-0.2, 0) is 17.4 Å². The summed E-state index contributed by atoms with van der Waals surface area (Å²) in [5.74, 6) is -0.221. The standard InChI is InChI=1S/C17H23F3N2O/c1-21(2)14-7-5-10-22(11-9-14)16(23)12-13-6-3-4-8-15(13)17(18,19)20/h3-4,6,8,14H,5,7,9-12H2,1-2H3. The fourth-order valence-corrected chi connectivity index (χ4v) is 3.07. The van der Waals surface area contributed by atoms with Crippen LogP contribution < -0.4 is 0 Å². The zero-order valence-electron chi connectivity index (χ0n) is 13.6. The highest BCUT2D eigenvalue weighted by molar-refractivity contribution is 5.79. The Morgan fingerprint density at radius 3 is 2.57 bits per heavy atom. The van der Waals surface area contributed by atoms with E-state index in [0.717, 1.165) is 25.3 Å². The number of hydrogen-bond acceptors (Lipinski definition) is 2.